The summed E-state index contributed by atoms with van der Waals surface area (Å²) in [5.41, 5.74) is 7.20. The molecule has 0 aliphatic carbocycles. The normalized spacial score (nSPS) is 16.0. The topological polar surface area (TPSA) is 63.3 Å². The summed E-state index contributed by atoms with van der Waals surface area (Å²) in [6.07, 6.45) is 2.44. The molecule has 2 atom stereocenters. The number of hydrogen-bond acceptors (Lipinski definition) is 2. The number of carbonyl (C=O) groups is 1. The van der Waals surface area contributed by atoms with Gasteiger partial charge in [-0.15, -0.1) is 0 Å². The van der Waals surface area contributed by atoms with Crippen molar-refractivity contribution in [1.82, 2.24) is 0 Å². The molecule has 0 spiro atoms. The first kappa shape index (κ1) is 14.7. The molecule has 2 unspecified atom stereocenters. The molecule has 3 nitrogen and oxygen atoms in total. The van der Waals surface area contributed by atoms with Crippen LogP contribution in [0.3, 0.4) is 0 Å². The van der Waals surface area contributed by atoms with Gasteiger partial charge in [-0.05, 0) is 44.6 Å². The zero-order valence-corrected chi connectivity index (χ0v) is 11.4. The molecule has 0 radical (unpaired) electrons. The third kappa shape index (κ3) is 4.49. The fourth-order valence-electron chi connectivity index (χ4n) is 2.19. The lowest BCUT2D eigenvalue weighted by atomic mass is 9.87. The van der Waals surface area contributed by atoms with Gasteiger partial charge in [0, 0.05) is 0 Å². The number of aryl methyl sites for hydroxylation is 2. The van der Waals surface area contributed by atoms with Crippen molar-refractivity contribution in [2.45, 2.75) is 45.6 Å². The fourth-order valence-corrected chi connectivity index (χ4v) is 2.19. The fraction of sp³-hybridized carbons (Fsp3) is 0.533. The van der Waals surface area contributed by atoms with E-state index in [2.05, 4.69) is 38.1 Å². The molecule has 1 rings (SSSR count). The average Bonchev–Trinajstić information content (AvgIpc) is 2.25. The third-order valence-corrected chi connectivity index (χ3v) is 3.27. The Hall–Kier alpha value is -1.35. The highest BCUT2D eigenvalue weighted by Crippen LogP contribution is 2.19. The van der Waals surface area contributed by atoms with E-state index in [4.69, 9.17) is 10.8 Å². The summed E-state index contributed by atoms with van der Waals surface area (Å²) >= 11 is 0. The van der Waals surface area contributed by atoms with E-state index in [-0.39, 0.29) is 0 Å². The molecule has 0 bridgehead atoms. The SMILES string of the molecule is Cc1cccc(CCC(C)CC(C)(N)C(=O)O)c1. The largest absolute Gasteiger partial charge is 0.480 e. The predicted octanol–water partition coefficient (Wildman–Crippen LogP) is 2.76. The van der Waals surface area contributed by atoms with Gasteiger partial charge >= 0.3 is 5.97 Å². The van der Waals surface area contributed by atoms with Crippen LogP contribution in [0.2, 0.25) is 0 Å². The summed E-state index contributed by atoms with van der Waals surface area (Å²) in [7, 11) is 0. The van der Waals surface area contributed by atoms with Crippen LogP contribution in [0.25, 0.3) is 0 Å². The van der Waals surface area contributed by atoms with Crippen molar-refractivity contribution in [3.8, 4) is 0 Å². The lowest BCUT2D eigenvalue weighted by Crippen LogP contribution is -2.46. The molecule has 0 aliphatic rings. The van der Waals surface area contributed by atoms with E-state index in [9.17, 15) is 4.79 Å². The van der Waals surface area contributed by atoms with Gasteiger partial charge in [-0.25, -0.2) is 0 Å². The Morgan fingerprint density at radius 2 is 2.17 bits per heavy atom. The van der Waals surface area contributed by atoms with Gasteiger partial charge in [0.25, 0.3) is 0 Å². The van der Waals surface area contributed by atoms with Crippen LogP contribution >= 0.6 is 0 Å². The molecule has 3 N–H and O–H groups in total. The van der Waals surface area contributed by atoms with Crippen molar-refractivity contribution in [3.63, 3.8) is 0 Å². The van der Waals surface area contributed by atoms with Crippen molar-refractivity contribution in [3.05, 3.63) is 35.4 Å². The summed E-state index contributed by atoms with van der Waals surface area (Å²) < 4.78 is 0. The second-order valence-electron chi connectivity index (χ2n) is 5.56. The van der Waals surface area contributed by atoms with Crippen LogP contribution in [0.1, 0.15) is 37.8 Å². The molecule has 0 heterocycles. The number of hydrogen-bond donors (Lipinski definition) is 2. The molecule has 100 valence electrons. The van der Waals surface area contributed by atoms with Crippen molar-refractivity contribution in [2.75, 3.05) is 0 Å². The van der Waals surface area contributed by atoms with Crippen LogP contribution in [0, 0.1) is 12.8 Å². The highest BCUT2D eigenvalue weighted by Gasteiger charge is 2.29. The number of carboxylic acid groups (broad SMARTS) is 1. The minimum atomic E-state index is -1.12. The molecular formula is C15H23NO2. The molecule has 18 heavy (non-hydrogen) atoms. The molecule has 1 aromatic rings. The van der Waals surface area contributed by atoms with E-state index in [1.807, 2.05) is 0 Å². The minimum Gasteiger partial charge on any atom is -0.480 e. The van der Waals surface area contributed by atoms with Crippen LogP contribution in [-0.4, -0.2) is 16.6 Å². The zero-order chi connectivity index (χ0) is 13.8. The quantitative estimate of drug-likeness (QED) is 0.814. The first-order valence-electron chi connectivity index (χ1n) is 6.39. The summed E-state index contributed by atoms with van der Waals surface area (Å²) in [6, 6.07) is 8.41. The van der Waals surface area contributed by atoms with Crippen LogP contribution in [0.4, 0.5) is 0 Å². The van der Waals surface area contributed by atoms with E-state index in [1.165, 1.54) is 11.1 Å². The Kier molecular flexibility index (Phi) is 4.91. The van der Waals surface area contributed by atoms with Gasteiger partial charge in [0.05, 0.1) is 0 Å². The van der Waals surface area contributed by atoms with Gasteiger partial charge in [-0.2, -0.15) is 0 Å². The summed E-state index contributed by atoms with van der Waals surface area (Å²) in [5.74, 6) is -0.624. The average molecular weight is 249 g/mol. The first-order valence-corrected chi connectivity index (χ1v) is 6.39. The Bertz CT molecular complexity index is 413. The number of carboxylic acids is 1. The Morgan fingerprint density at radius 3 is 2.72 bits per heavy atom. The van der Waals surface area contributed by atoms with Crippen molar-refractivity contribution < 1.29 is 9.90 Å². The lowest BCUT2D eigenvalue weighted by Gasteiger charge is -2.23. The van der Waals surface area contributed by atoms with Gasteiger partial charge in [-0.3, -0.25) is 4.79 Å². The highest BCUT2D eigenvalue weighted by atomic mass is 16.4. The van der Waals surface area contributed by atoms with Crippen LogP contribution in [0.15, 0.2) is 24.3 Å². The van der Waals surface area contributed by atoms with E-state index in [0.29, 0.717) is 12.3 Å². The molecule has 0 saturated heterocycles. The van der Waals surface area contributed by atoms with Crippen LogP contribution < -0.4 is 5.73 Å². The summed E-state index contributed by atoms with van der Waals surface area (Å²) in [4.78, 5) is 11.0. The maximum Gasteiger partial charge on any atom is 0.323 e. The molecule has 0 amide bonds. The van der Waals surface area contributed by atoms with E-state index >= 15 is 0 Å². The minimum absolute atomic E-state index is 0.302. The van der Waals surface area contributed by atoms with Gasteiger partial charge in [-0.1, -0.05) is 36.8 Å². The molecule has 0 aromatic heterocycles. The van der Waals surface area contributed by atoms with Crippen LogP contribution in [-0.2, 0) is 11.2 Å². The second kappa shape index (κ2) is 6.01. The second-order valence-corrected chi connectivity index (χ2v) is 5.56. The Morgan fingerprint density at radius 1 is 1.50 bits per heavy atom. The number of aliphatic carboxylic acids is 1. The van der Waals surface area contributed by atoms with Gasteiger partial charge < -0.3 is 10.8 Å². The Labute approximate surface area is 109 Å². The van der Waals surface area contributed by atoms with Gasteiger partial charge in [0.15, 0.2) is 0 Å². The molecule has 1 aromatic carbocycles. The number of benzene rings is 1. The third-order valence-electron chi connectivity index (χ3n) is 3.27. The molecule has 0 fully saturated rings. The van der Waals surface area contributed by atoms with Gasteiger partial charge in [0.1, 0.15) is 5.54 Å². The van der Waals surface area contributed by atoms with Crippen molar-refractivity contribution in [2.24, 2.45) is 11.7 Å². The monoisotopic (exact) mass is 249 g/mol. The van der Waals surface area contributed by atoms with Gasteiger partial charge in [0.2, 0.25) is 0 Å². The highest BCUT2D eigenvalue weighted by molar-refractivity contribution is 5.77. The molecular weight excluding hydrogens is 226 g/mol. The molecule has 0 aliphatic heterocycles. The lowest BCUT2D eigenvalue weighted by molar-refractivity contribution is -0.143. The van der Waals surface area contributed by atoms with E-state index in [1.54, 1.807) is 6.92 Å². The van der Waals surface area contributed by atoms with Crippen molar-refractivity contribution >= 4 is 5.97 Å². The summed E-state index contributed by atoms with van der Waals surface area (Å²) in [6.45, 7) is 5.72. The maximum absolute atomic E-state index is 11.0. The predicted molar refractivity (Wildman–Crippen MR) is 73.5 cm³/mol. The zero-order valence-electron chi connectivity index (χ0n) is 11.4. The maximum atomic E-state index is 11.0. The standard InChI is InChI=1S/C15H23NO2/c1-11-5-4-6-13(9-11)8-7-12(2)10-15(3,16)14(17)18/h4-6,9,12H,7-8,10,16H2,1-3H3,(H,17,18). The first-order chi connectivity index (χ1) is 8.31. The Balaban J connectivity index is 2.47. The van der Waals surface area contributed by atoms with E-state index in [0.717, 1.165) is 12.8 Å². The molecule has 3 heteroatoms. The number of rotatable bonds is 6. The number of nitrogens with two attached hydrogens (primary N) is 1. The smallest absolute Gasteiger partial charge is 0.323 e. The molecule has 0 saturated carbocycles. The van der Waals surface area contributed by atoms with Crippen LogP contribution in [0.5, 0.6) is 0 Å². The van der Waals surface area contributed by atoms with Crippen molar-refractivity contribution in [1.29, 1.82) is 0 Å². The summed E-state index contributed by atoms with van der Waals surface area (Å²) in [5, 5.41) is 8.99. The van der Waals surface area contributed by atoms with E-state index < -0.39 is 11.5 Å².